The zero-order chi connectivity index (χ0) is 18.8. The number of carbonyl (C=O) groups excluding carboxylic acids is 1. The highest BCUT2D eigenvalue weighted by atomic mass is 32.2. The molecule has 0 aromatic heterocycles. The molecule has 0 unspecified atom stereocenters. The highest BCUT2D eigenvalue weighted by Crippen LogP contribution is 2.35. The first-order valence-corrected chi connectivity index (χ1v) is 9.77. The molecule has 3 N–H and O–H groups in total. The van der Waals surface area contributed by atoms with E-state index in [2.05, 4.69) is 29.7 Å². The first-order valence-electron chi connectivity index (χ1n) is 8.89. The van der Waals surface area contributed by atoms with Crippen molar-refractivity contribution in [1.29, 1.82) is 0 Å². The van der Waals surface area contributed by atoms with Crippen molar-refractivity contribution in [2.75, 3.05) is 5.32 Å². The first kappa shape index (κ1) is 17.5. The number of thioether (sulfide) groups is 1. The van der Waals surface area contributed by atoms with Gasteiger partial charge < -0.3 is 15.7 Å². The first-order chi connectivity index (χ1) is 13.1. The van der Waals surface area contributed by atoms with Gasteiger partial charge in [0, 0.05) is 11.3 Å². The lowest BCUT2D eigenvalue weighted by molar-refractivity contribution is -0.116. The second-order valence-corrected chi connectivity index (χ2v) is 7.54. The van der Waals surface area contributed by atoms with Crippen LogP contribution in [0.2, 0.25) is 0 Å². The van der Waals surface area contributed by atoms with Gasteiger partial charge in [0.05, 0.1) is 4.91 Å². The summed E-state index contributed by atoms with van der Waals surface area (Å²) in [6.45, 7) is 2.12. The van der Waals surface area contributed by atoms with Gasteiger partial charge in [0.1, 0.15) is 5.75 Å². The third kappa shape index (κ3) is 3.64. The summed E-state index contributed by atoms with van der Waals surface area (Å²) in [5.41, 5.74) is 2.65. The molecule has 0 saturated carbocycles. The number of carbonyl (C=O) groups is 1. The maximum absolute atomic E-state index is 12.4. The van der Waals surface area contributed by atoms with Crippen molar-refractivity contribution in [2.45, 2.75) is 18.8 Å². The Bertz CT molecular complexity index is 1030. The van der Waals surface area contributed by atoms with Gasteiger partial charge in [-0.2, -0.15) is 0 Å². The monoisotopic (exact) mass is 376 g/mol. The van der Waals surface area contributed by atoms with Gasteiger partial charge in [-0.3, -0.25) is 4.79 Å². The maximum atomic E-state index is 12.4. The SMILES string of the molecule is CCc1ccc(N[C@@H]2NC(=O)/C(=C\c3c(O)ccc4ccccc34)S2)cc1. The zero-order valence-corrected chi connectivity index (χ0v) is 15.7. The number of fused-ring (bicyclic) bond motifs is 1. The highest BCUT2D eigenvalue weighted by molar-refractivity contribution is 8.05. The van der Waals surface area contributed by atoms with E-state index in [0.29, 0.717) is 10.5 Å². The molecule has 0 aliphatic carbocycles. The number of rotatable bonds is 4. The lowest BCUT2D eigenvalue weighted by Crippen LogP contribution is -2.30. The number of phenols is 1. The van der Waals surface area contributed by atoms with Crippen molar-refractivity contribution in [3.05, 3.63) is 76.7 Å². The van der Waals surface area contributed by atoms with Gasteiger partial charge in [-0.15, -0.1) is 0 Å². The van der Waals surface area contributed by atoms with Gasteiger partial charge in [0.15, 0.2) is 5.50 Å². The van der Waals surface area contributed by atoms with Crippen molar-refractivity contribution in [1.82, 2.24) is 5.32 Å². The minimum atomic E-state index is -0.242. The average molecular weight is 376 g/mol. The van der Waals surface area contributed by atoms with Gasteiger partial charge in [0.25, 0.3) is 5.91 Å². The fourth-order valence-electron chi connectivity index (χ4n) is 3.12. The number of anilines is 1. The predicted molar refractivity (Wildman–Crippen MR) is 113 cm³/mol. The molecule has 0 bridgehead atoms. The van der Waals surface area contributed by atoms with E-state index in [1.54, 1.807) is 12.1 Å². The second kappa shape index (κ2) is 7.37. The molecular formula is C22H20N2O2S. The predicted octanol–water partition coefficient (Wildman–Crippen LogP) is 4.71. The molecule has 1 aliphatic rings. The molecule has 4 nitrogen and oxygen atoms in total. The molecule has 3 aromatic carbocycles. The quantitative estimate of drug-likeness (QED) is 0.577. The molecular weight excluding hydrogens is 356 g/mol. The van der Waals surface area contributed by atoms with Crippen LogP contribution in [0, 0.1) is 0 Å². The summed E-state index contributed by atoms with van der Waals surface area (Å²) in [4.78, 5) is 13.0. The van der Waals surface area contributed by atoms with E-state index in [9.17, 15) is 9.90 Å². The number of aryl methyl sites for hydroxylation is 1. The van der Waals surface area contributed by atoms with Crippen molar-refractivity contribution < 1.29 is 9.90 Å². The largest absolute Gasteiger partial charge is 0.507 e. The lowest BCUT2D eigenvalue weighted by Gasteiger charge is -2.13. The Morgan fingerprint density at radius 2 is 1.89 bits per heavy atom. The van der Waals surface area contributed by atoms with Crippen LogP contribution in [0.4, 0.5) is 5.69 Å². The molecule has 3 aromatic rings. The number of hydrogen-bond donors (Lipinski definition) is 3. The van der Waals surface area contributed by atoms with E-state index in [1.807, 2.05) is 42.5 Å². The summed E-state index contributed by atoms with van der Waals surface area (Å²) >= 11 is 1.41. The van der Waals surface area contributed by atoms with Crippen LogP contribution < -0.4 is 10.6 Å². The Hall–Kier alpha value is -2.92. The lowest BCUT2D eigenvalue weighted by atomic mass is 10.0. The van der Waals surface area contributed by atoms with Crippen LogP contribution in [0.3, 0.4) is 0 Å². The van der Waals surface area contributed by atoms with Crippen molar-refractivity contribution >= 4 is 40.2 Å². The van der Waals surface area contributed by atoms with Crippen LogP contribution in [0.15, 0.2) is 65.6 Å². The van der Waals surface area contributed by atoms with Crippen molar-refractivity contribution in [3.8, 4) is 5.75 Å². The number of amides is 1. The summed E-state index contributed by atoms with van der Waals surface area (Å²) in [6.07, 6.45) is 2.76. The maximum Gasteiger partial charge on any atom is 0.260 e. The molecule has 1 fully saturated rings. The van der Waals surface area contributed by atoms with E-state index in [4.69, 9.17) is 0 Å². The van der Waals surface area contributed by atoms with Gasteiger partial charge in [-0.05, 0) is 47.0 Å². The van der Waals surface area contributed by atoms with Gasteiger partial charge in [-0.25, -0.2) is 0 Å². The molecule has 136 valence electrons. The second-order valence-electron chi connectivity index (χ2n) is 6.39. The highest BCUT2D eigenvalue weighted by Gasteiger charge is 2.27. The molecule has 5 heteroatoms. The Morgan fingerprint density at radius 3 is 2.67 bits per heavy atom. The fraction of sp³-hybridized carbons (Fsp3) is 0.136. The van der Waals surface area contributed by atoms with Gasteiger partial charge >= 0.3 is 0 Å². The third-order valence-corrected chi connectivity index (χ3v) is 5.64. The summed E-state index contributed by atoms with van der Waals surface area (Å²) in [5, 5.41) is 18.5. The van der Waals surface area contributed by atoms with Crippen LogP contribution >= 0.6 is 11.8 Å². The van der Waals surface area contributed by atoms with Crippen LogP contribution in [0.1, 0.15) is 18.1 Å². The van der Waals surface area contributed by atoms with E-state index in [0.717, 1.165) is 22.9 Å². The Kier molecular flexibility index (Phi) is 4.77. The van der Waals surface area contributed by atoms with Gasteiger partial charge in [-0.1, -0.05) is 61.2 Å². The topological polar surface area (TPSA) is 61.4 Å². The van der Waals surface area contributed by atoms with Crippen molar-refractivity contribution in [3.63, 3.8) is 0 Å². The molecule has 1 heterocycles. The number of hydrogen-bond acceptors (Lipinski definition) is 4. The van der Waals surface area contributed by atoms with E-state index in [-0.39, 0.29) is 17.2 Å². The molecule has 1 saturated heterocycles. The van der Waals surface area contributed by atoms with Crippen molar-refractivity contribution in [2.24, 2.45) is 0 Å². The van der Waals surface area contributed by atoms with E-state index in [1.165, 1.54) is 17.3 Å². The molecule has 1 atom stereocenters. The minimum absolute atomic E-state index is 0.144. The number of nitrogens with one attached hydrogen (secondary N) is 2. The Morgan fingerprint density at radius 1 is 1.11 bits per heavy atom. The summed E-state index contributed by atoms with van der Waals surface area (Å²) in [7, 11) is 0. The van der Waals surface area contributed by atoms with E-state index < -0.39 is 0 Å². The molecule has 27 heavy (non-hydrogen) atoms. The average Bonchev–Trinajstić information content (AvgIpc) is 3.03. The minimum Gasteiger partial charge on any atom is -0.507 e. The fourth-order valence-corrected chi connectivity index (χ4v) is 4.09. The zero-order valence-electron chi connectivity index (χ0n) is 14.9. The smallest absolute Gasteiger partial charge is 0.260 e. The summed E-state index contributed by atoms with van der Waals surface area (Å²) < 4.78 is 0. The van der Waals surface area contributed by atoms with Crippen LogP contribution in [0.5, 0.6) is 5.75 Å². The normalized spacial score (nSPS) is 18.0. The molecule has 1 aliphatic heterocycles. The molecule has 0 radical (unpaired) electrons. The summed E-state index contributed by atoms with van der Waals surface area (Å²) in [5.74, 6) is 0.0242. The number of aromatic hydroxyl groups is 1. The Labute approximate surface area is 162 Å². The Balaban J connectivity index is 1.58. The number of benzene rings is 3. The molecule has 1 amide bonds. The van der Waals surface area contributed by atoms with Crippen LogP contribution in [0.25, 0.3) is 16.8 Å². The van der Waals surface area contributed by atoms with E-state index >= 15 is 0 Å². The van der Waals surface area contributed by atoms with Crippen LogP contribution in [-0.4, -0.2) is 16.5 Å². The third-order valence-electron chi connectivity index (χ3n) is 4.61. The summed E-state index contributed by atoms with van der Waals surface area (Å²) in [6, 6.07) is 19.5. The van der Waals surface area contributed by atoms with Gasteiger partial charge in [0.2, 0.25) is 0 Å². The standard InChI is InChI=1S/C22H20N2O2S/c1-2-14-7-10-16(11-8-14)23-22-24-21(26)20(27-22)13-18-17-6-4-3-5-15(17)9-12-19(18)25/h3-13,22-23,25H,2H2,1H3,(H,24,26)/b20-13+/t22-/m1/s1. The molecule has 4 rings (SSSR count). The molecule has 0 spiro atoms. The number of phenolic OH excluding ortho intramolecular Hbond substituents is 1. The van der Waals surface area contributed by atoms with Crippen LogP contribution in [-0.2, 0) is 11.2 Å².